The maximum absolute atomic E-state index is 11.1. The molecule has 1 aromatic heterocycles. The number of aromatic amines is 1. The van der Waals surface area contributed by atoms with Crippen molar-refractivity contribution < 1.29 is 4.74 Å². The third-order valence-corrected chi connectivity index (χ3v) is 2.41. The second kappa shape index (κ2) is 6.61. The fourth-order valence-corrected chi connectivity index (χ4v) is 1.51. The molecule has 0 unspecified atom stereocenters. The Labute approximate surface area is 105 Å². The molecule has 0 aliphatic heterocycles. The summed E-state index contributed by atoms with van der Waals surface area (Å²) in [4.78, 5) is 13.6. The zero-order valence-corrected chi connectivity index (χ0v) is 10.0. The number of aromatic nitrogens is 3. The van der Waals surface area contributed by atoms with Gasteiger partial charge < -0.3 is 10.1 Å². The van der Waals surface area contributed by atoms with Crippen molar-refractivity contribution in [3.8, 4) is 5.75 Å². The minimum Gasteiger partial charge on any atom is -0.492 e. The normalized spacial score (nSPS) is 10.4. The largest absolute Gasteiger partial charge is 0.492 e. The van der Waals surface area contributed by atoms with Crippen LogP contribution in [0.15, 0.2) is 41.5 Å². The molecule has 0 amide bonds. The van der Waals surface area contributed by atoms with Gasteiger partial charge in [0.25, 0.3) is 0 Å². The molecular formula is C12H16N4O2. The Kier molecular flexibility index (Phi) is 4.54. The Morgan fingerprint density at radius 1 is 1.28 bits per heavy atom. The van der Waals surface area contributed by atoms with Crippen LogP contribution in [0.3, 0.4) is 0 Å². The van der Waals surface area contributed by atoms with Gasteiger partial charge in [-0.25, -0.2) is 9.48 Å². The summed E-state index contributed by atoms with van der Waals surface area (Å²) in [5.41, 5.74) is -0.183. The molecule has 0 fully saturated rings. The smallest absolute Gasteiger partial charge is 0.343 e. The highest BCUT2D eigenvalue weighted by atomic mass is 16.5. The van der Waals surface area contributed by atoms with Gasteiger partial charge in [0.1, 0.15) is 18.7 Å². The average molecular weight is 248 g/mol. The molecule has 0 radical (unpaired) electrons. The quantitative estimate of drug-likeness (QED) is 0.688. The number of ether oxygens (including phenoxy) is 1. The number of hydrogen-bond donors (Lipinski definition) is 2. The summed E-state index contributed by atoms with van der Waals surface area (Å²) in [6.07, 6.45) is 1.39. The Bertz CT molecular complexity index is 506. The lowest BCUT2D eigenvalue weighted by Gasteiger charge is -2.07. The van der Waals surface area contributed by atoms with Crippen molar-refractivity contribution in [3.05, 3.63) is 47.1 Å². The third kappa shape index (κ3) is 3.74. The van der Waals surface area contributed by atoms with Crippen LogP contribution < -0.4 is 15.7 Å². The van der Waals surface area contributed by atoms with Gasteiger partial charge in [0.2, 0.25) is 0 Å². The molecule has 0 atom stereocenters. The van der Waals surface area contributed by atoms with Crippen LogP contribution in [0.5, 0.6) is 5.75 Å². The van der Waals surface area contributed by atoms with E-state index in [1.807, 2.05) is 30.3 Å². The van der Waals surface area contributed by atoms with Crippen molar-refractivity contribution >= 4 is 0 Å². The molecule has 0 aliphatic rings. The van der Waals surface area contributed by atoms with Gasteiger partial charge in [0.05, 0.1) is 6.54 Å². The molecule has 0 saturated heterocycles. The minimum absolute atomic E-state index is 0.183. The first-order valence-corrected chi connectivity index (χ1v) is 5.85. The average Bonchev–Trinajstić information content (AvgIpc) is 2.81. The summed E-state index contributed by atoms with van der Waals surface area (Å²) < 4.78 is 6.89. The van der Waals surface area contributed by atoms with E-state index in [0.29, 0.717) is 19.7 Å². The summed E-state index contributed by atoms with van der Waals surface area (Å²) in [5.74, 6) is 0.864. The van der Waals surface area contributed by atoms with Crippen LogP contribution in [-0.2, 0) is 6.54 Å². The standard InChI is InChI=1S/C12H16N4O2/c17-12-14-10-15-16(12)8-6-13-7-9-18-11-4-2-1-3-5-11/h1-5,10,13H,6-9H2,(H,14,15,17). The van der Waals surface area contributed by atoms with E-state index in [9.17, 15) is 4.79 Å². The van der Waals surface area contributed by atoms with Crippen LogP contribution in [0, 0.1) is 0 Å². The van der Waals surface area contributed by atoms with E-state index < -0.39 is 0 Å². The predicted octanol–water partition coefficient (Wildman–Crippen LogP) is 0.240. The van der Waals surface area contributed by atoms with Crippen molar-refractivity contribution in [2.45, 2.75) is 6.54 Å². The van der Waals surface area contributed by atoms with Crippen LogP contribution in [0.4, 0.5) is 0 Å². The van der Waals surface area contributed by atoms with E-state index in [4.69, 9.17) is 4.74 Å². The zero-order chi connectivity index (χ0) is 12.6. The summed E-state index contributed by atoms with van der Waals surface area (Å²) in [6, 6.07) is 9.67. The third-order valence-electron chi connectivity index (χ3n) is 2.41. The number of nitrogens with zero attached hydrogens (tertiary/aromatic N) is 2. The number of benzene rings is 1. The molecule has 96 valence electrons. The number of rotatable bonds is 7. The van der Waals surface area contributed by atoms with Gasteiger partial charge in [-0.1, -0.05) is 18.2 Å². The Balaban J connectivity index is 1.57. The van der Waals surface area contributed by atoms with Gasteiger partial charge in [-0.05, 0) is 12.1 Å². The topological polar surface area (TPSA) is 71.9 Å². The number of H-pyrrole nitrogens is 1. The Morgan fingerprint density at radius 3 is 2.83 bits per heavy atom. The van der Waals surface area contributed by atoms with Crippen LogP contribution >= 0.6 is 0 Å². The van der Waals surface area contributed by atoms with Gasteiger partial charge >= 0.3 is 5.69 Å². The van der Waals surface area contributed by atoms with Crippen molar-refractivity contribution in [1.82, 2.24) is 20.1 Å². The zero-order valence-electron chi connectivity index (χ0n) is 10.0. The van der Waals surface area contributed by atoms with Crippen molar-refractivity contribution in [2.75, 3.05) is 19.7 Å². The highest BCUT2D eigenvalue weighted by Gasteiger charge is 1.96. The van der Waals surface area contributed by atoms with Crippen LogP contribution in [0.2, 0.25) is 0 Å². The fourth-order valence-electron chi connectivity index (χ4n) is 1.51. The SMILES string of the molecule is O=c1[nH]cnn1CCNCCOc1ccccc1. The molecule has 0 bridgehead atoms. The van der Waals surface area contributed by atoms with Crippen LogP contribution in [-0.4, -0.2) is 34.5 Å². The second-order valence-electron chi connectivity index (χ2n) is 3.73. The molecule has 18 heavy (non-hydrogen) atoms. The maximum atomic E-state index is 11.1. The number of nitrogens with one attached hydrogen (secondary N) is 2. The highest BCUT2D eigenvalue weighted by Crippen LogP contribution is 2.07. The Hall–Kier alpha value is -2.08. The molecule has 0 spiro atoms. The van der Waals surface area contributed by atoms with Crippen molar-refractivity contribution in [1.29, 1.82) is 0 Å². The first-order chi connectivity index (χ1) is 8.86. The van der Waals surface area contributed by atoms with Gasteiger partial charge in [-0.15, -0.1) is 0 Å². The highest BCUT2D eigenvalue weighted by molar-refractivity contribution is 5.20. The number of para-hydroxylation sites is 1. The summed E-state index contributed by atoms with van der Waals surface area (Å²) in [7, 11) is 0. The van der Waals surface area contributed by atoms with Gasteiger partial charge in [0, 0.05) is 13.1 Å². The molecular weight excluding hydrogens is 232 g/mol. The first-order valence-electron chi connectivity index (χ1n) is 5.85. The summed E-state index contributed by atoms with van der Waals surface area (Å²) in [5, 5.41) is 7.04. The summed E-state index contributed by atoms with van der Waals surface area (Å²) in [6.45, 7) is 2.56. The van der Waals surface area contributed by atoms with E-state index in [-0.39, 0.29) is 5.69 Å². The van der Waals surface area contributed by atoms with Gasteiger partial charge in [-0.2, -0.15) is 5.10 Å². The lowest BCUT2D eigenvalue weighted by atomic mass is 10.3. The van der Waals surface area contributed by atoms with E-state index >= 15 is 0 Å². The van der Waals surface area contributed by atoms with Gasteiger partial charge in [0.15, 0.2) is 0 Å². The minimum atomic E-state index is -0.183. The van der Waals surface area contributed by atoms with Crippen LogP contribution in [0.1, 0.15) is 0 Å². The molecule has 1 aromatic carbocycles. The van der Waals surface area contributed by atoms with E-state index in [2.05, 4.69) is 15.4 Å². The molecule has 2 N–H and O–H groups in total. The monoisotopic (exact) mass is 248 g/mol. The molecule has 6 heteroatoms. The molecule has 2 aromatic rings. The number of hydrogen-bond acceptors (Lipinski definition) is 4. The fraction of sp³-hybridized carbons (Fsp3) is 0.333. The second-order valence-corrected chi connectivity index (χ2v) is 3.73. The summed E-state index contributed by atoms with van der Waals surface area (Å²) >= 11 is 0. The molecule has 0 saturated carbocycles. The molecule has 1 heterocycles. The molecule has 0 aliphatic carbocycles. The van der Waals surface area contributed by atoms with E-state index in [1.165, 1.54) is 11.0 Å². The first kappa shape index (κ1) is 12.4. The van der Waals surface area contributed by atoms with Crippen molar-refractivity contribution in [3.63, 3.8) is 0 Å². The van der Waals surface area contributed by atoms with Crippen LogP contribution in [0.25, 0.3) is 0 Å². The molecule has 2 rings (SSSR count). The predicted molar refractivity (Wildman–Crippen MR) is 67.7 cm³/mol. The molecule has 6 nitrogen and oxygen atoms in total. The Morgan fingerprint density at radius 2 is 2.11 bits per heavy atom. The lowest BCUT2D eigenvalue weighted by Crippen LogP contribution is -2.29. The lowest BCUT2D eigenvalue weighted by molar-refractivity contribution is 0.312. The van der Waals surface area contributed by atoms with Gasteiger partial charge in [-0.3, -0.25) is 4.98 Å². The van der Waals surface area contributed by atoms with E-state index in [1.54, 1.807) is 0 Å². The van der Waals surface area contributed by atoms with Crippen molar-refractivity contribution in [2.24, 2.45) is 0 Å². The van der Waals surface area contributed by atoms with E-state index in [0.717, 1.165) is 12.3 Å². The maximum Gasteiger partial charge on any atom is 0.343 e.